The van der Waals surface area contributed by atoms with Crippen molar-refractivity contribution in [1.82, 2.24) is 19.7 Å². The second kappa shape index (κ2) is 10.5. The van der Waals surface area contributed by atoms with Crippen LogP contribution in [0, 0.1) is 10.1 Å². The number of hydrogen-bond donors (Lipinski definition) is 1. The van der Waals surface area contributed by atoms with Gasteiger partial charge in [0.15, 0.2) is 9.96 Å². The molecular weight excluding hydrogens is 573 g/mol. The normalized spacial score (nSPS) is 15.9. The summed E-state index contributed by atoms with van der Waals surface area (Å²) >= 11 is 2.39. The fraction of sp³-hybridized carbons (Fsp3) is 0.133. The molecule has 0 amide bonds. The van der Waals surface area contributed by atoms with Crippen LogP contribution < -0.4 is 19.6 Å². The molecule has 2 aromatic heterocycles. The van der Waals surface area contributed by atoms with Crippen LogP contribution in [-0.4, -0.2) is 31.8 Å². The SMILES string of the molecule is COc1ccccc1[C@H]1C2=C(N=c3s/c(=C/c4ccc(Sc5ncn[nH]5)c([N+](=O)[O-])c4)c(=O)n31)c1ccccc1CC2. The van der Waals surface area contributed by atoms with Crippen LogP contribution in [-0.2, 0) is 6.42 Å². The molecule has 208 valence electrons. The first-order valence-corrected chi connectivity index (χ1v) is 14.7. The van der Waals surface area contributed by atoms with E-state index in [-0.39, 0.29) is 11.2 Å². The molecule has 0 saturated heterocycles. The standard InChI is InChI=1S/C30H22N6O4S2/c1-40-23-9-5-4-8-20(23)27-21-12-11-18-6-2-3-7-19(18)26(21)33-30-35(27)28(37)25(42-30)15-17-10-13-24(22(14-17)36(38)39)41-29-31-16-32-34-29/h2-10,13-16,27H,11-12H2,1H3,(H,31,32,34)/b25-15+/t27-/m0/s1. The van der Waals surface area contributed by atoms with Crippen molar-refractivity contribution in [2.24, 2.45) is 4.99 Å². The Morgan fingerprint density at radius 3 is 2.79 bits per heavy atom. The van der Waals surface area contributed by atoms with E-state index in [9.17, 15) is 14.9 Å². The van der Waals surface area contributed by atoms with Crippen molar-refractivity contribution in [1.29, 1.82) is 0 Å². The topological polar surface area (TPSA) is 128 Å². The number of allylic oxidation sites excluding steroid dienone is 1. The zero-order chi connectivity index (χ0) is 28.8. The Balaban J connectivity index is 1.41. The number of H-pyrrole nitrogens is 1. The van der Waals surface area contributed by atoms with E-state index in [1.807, 2.05) is 36.4 Å². The van der Waals surface area contributed by atoms with E-state index in [2.05, 4.69) is 27.3 Å². The number of rotatable bonds is 6. The zero-order valence-corrected chi connectivity index (χ0v) is 23.8. The molecule has 10 nitrogen and oxygen atoms in total. The number of para-hydroxylation sites is 1. The number of nitro benzene ring substituents is 1. The maximum atomic E-state index is 14.1. The van der Waals surface area contributed by atoms with Crippen LogP contribution in [0.1, 0.15) is 34.7 Å². The van der Waals surface area contributed by atoms with Gasteiger partial charge in [-0.15, -0.1) is 0 Å². The summed E-state index contributed by atoms with van der Waals surface area (Å²) in [4.78, 5) is 35.6. The van der Waals surface area contributed by atoms with Gasteiger partial charge in [-0.3, -0.25) is 24.6 Å². The molecule has 3 aromatic carbocycles. The first-order chi connectivity index (χ1) is 20.5. The van der Waals surface area contributed by atoms with Crippen LogP contribution in [0.5, 0.6) is 5.75 Å². The van der Waals surface area contributed by atoms with Crippen LogP contribution in [0.2, 0.25) is 0 Å². The maximum Gasteiger partial charge on any atom is 0.283 e. The molecule has 7 rings (SSSR count). The second-order valence-corrected chi connectivity index (χ2v) is 11.8. The van der Waals surface area contributed by atoms with Gasteiger partial charge in [0.1, 0.15) is 12.1 Å². The Morgan fingerprint density at radius 1 is 1.14 bits per heavy atom. The van der Waals surface area contributed by atoms with Gasteiger partial charge in [0.25, 0.3) is 11.2 Å². The number of nitro groups is 1. The predicted octanol–water partition coefficient (Wildman–Crippen LogP) is 4.50. The summed E-state index contributed by atoms with van der Waals surface area (Å²) in [5.41, 5.74) is 5.40. The van der Waals surface area contributed by atoms with Crippen molar-refractivity contribution in [3.8, 4) is 5.75 Å². The highest BCUT2D eigenvalue weighted by atomic mass is 32.2. The van der Waals surface area contributed by atoms with Crippen molar-refractivity contribution in [3.63, 3.8) is 0 Å². The van der Waals surface area contributed by atoms with Gasteiger partial charge >= 0.3 is 0 Å². The number of methoxy groups -OCH3 is 1. The van der Waals surface area contributed by atoms with E-state index < -0.39 is 11.0 Å². The third kappa shape index (κ3) is 4.45. The zero-order valence-electron chi connectivity index (χ0n) is 22.2. The Hall–Kier alpha value is -4.81. The first-order valence-electron chi connectivity index (χ1n) is 13.1. The van der Waals surface area contributed by atoms with E-state index in [1.54, 1.807) is 29.9 Å². The maximum absolute atomic E-state index is 14.1. The molecule has 42 heavy (non-hydrogen) atoms. The number of ether oxygens (including phenoxy) is 1. The molecule has 1 N–H and O–H groups in total. The fourth-order valence-corrected chi connectivity index (χ4v) is 7.32. The molecule has 1 atom stereocenters. The number of thiazole rings is 1. The number of benzene rings is 3. The van der Waals surface area contributed by atoms with Crippen LogP contribution in [0.3, 0.4) is 0 Å². The van der Waals surface area contributed by atoms with Crippen molar-refractivity contribution >= 4 is 40.6 Å². The minimum absolute atomic E-state index is 0.0862. The van der Waals surface area contributed by atoms with Gasteiger partial charge in [-0.1, -0.05) is 59.9 Å². The average Bonchev–Trinajstić information content (AvgIpc) is 3.64. The van der Waals surface area contributed by atoms with Gasteiger partial charge in [-0.25, -0.2) is 9.98 Å². The highest BCUT2D eigenvalue weighted by Gasteiger charge is 2.34. The quantitative estimate of drug-likeness (QED) is 0.226. The number of nitrogens with one attached hydrogen (secondary N) is 1. The number of fused-ring (bicyclic) bond motifs is 3. The van der Waals surface area contributed by atoms with Gasteiger partial charge in [0.2, 0.25) is 0 Å². The predicted molar refractivity (Wildman–Crippen MR) is 159 cm³/mol. The molecule has 12 heteroatoms. The van der Waals surface area contributed by atoms with Crippen molar-refractivity contribution in [2.45, 2.75) is 28.9 Å². The van der Waals surface area contributed by atoms with Crippen LogP contribution in [0.25, 0.3) is 11.8 Å². The number of aromatic nitrogens is 4. The van der Waals surface area contributed by atoms with E-state index in [0.717, 1.165) is 47.0 Å². The average molecular weight is 595 g/mol. The summed E-state index contributed by atoms with van der Waals surface area (Å²) in [5, 5.41) is 18.9. The summed E-state index contributed by atoms with van der Waals surface area (Å²) in [6, 6.07) is 20.5. The Labute approximate surface area is 246 Å². The monoisotopic (exact) mass is 594 g/mol. The minimum atomic E-state index is -0.440. The lowest BCUT2D eigenvalue weighted by atomic mass is 9.83. The van der Waals surface area contributed by atoms with E-state index in [0.29, 0.717) is 30.7 Å². The lowest BCUT2D eigenvalue weighted by molar-refractivity contribution is -0.387. The van der Waals surface area contributed by atoms with Gasteiger partial charge < -0.3 is 4.74 Å². The number of aromatic amines is 1. The highest BCUT2D eigenvalue weighted by molar-refractivity contribution is 7.99. The molecule has 0 bridgehead atoms. The number of nitrogens with zero attached hydrogens (tertiary/aromatic N) is 5. The van der Waals surface area contributed by atoms with E-state index >= 15 is 0 Å². The van der Waals surface area contributed by atoms with E-state index in [4.69, 9.17) is 9.73 Å². The molecule has 0 unspecified atom stereocenters. The third-order valence-corrected chi connectivity index (χ3v) is 9.32. The number of aryl methyl sites for hydroxylation is 1. The third-order valence-electron chi connectivity index (χ3n) is 7.38. The molecule has 2 aliphatic rings. The molecule has 1 aliphatic heterocycles. The summed E-state index contributed by atoms with van der Waals surface area (Å²) in [6.07, 6.45) is 4.65. The molecule has 0 fully saturated rings. The summed E-state index contributed by atoms with van der Waals surface area (Å²) < 4.78 is 7.92. The van der Waals surface area contributed by atoms with Gasteiger partial charge in [-0.05, 0) is 59.5 Å². The van der Waals surface area contributed by atoms with Crippen molar-refractivity contribution in [2.75, 3.05) is 7.11 Å². The van der Waals surface area contributed by atoms with Gasteiger partial charge in [-0.2, -0.15) is 5.10 Å². The Kier molecular flexibility index (Phi) is 6.56. The molecule has 5 aromatic rings. The van der Waals surface area contributed by atoms with Gasteiger partial charge in [0.05, 0.1) is 33.2 Å². The summed E-state index contributed by atoms with van der Waals surface area (Å²) in [5.74, 6) is 0.695. The van der Waals surface area contributed by atoms with E-state index in [1.165, 1.54) is 29.3 Å². The van der Waals surface area contributed by atoms with Crippen molar-refractivity contribution < 1.29 is 9.66 Å². The molecular formula is C30H22N6O4S2. The lowest BCUT2D eigenvalue weighted by Gasteiger charge is -2.31. The molecule has 0 radical (unpaired) electrons. The fourth-order valence-electron chi connectivity index (χ4n) is 5.54. The highest BCUT2D eigenvalue weighted by Crippen LogP contribution is 2.43. The molecule has 0 spiro atoms. The largest absolute Gasteiger partial charge is 0.496 e. The molecule has 0 saturated carbocycles. The van der Waals surface area contributed by atoms with Crippen LogP contribution in [0.15, 0.2) is 98.5 Å². The smallest absolute Gasteiger partial charge is 0.283 e. The Morgan fingerprint density at radius 2 is 1.98 bits per heavy atom. The van der Waals surface area contributed by atoms with Crippen LogP contribution >= 0.6 is 23.1 Å². The lowest BCUT2D eigenvalue weighted by Crippen LogP contribution is -2.39. The van der Waals surface area contributed by atoms with Crippen molar-refractivity contribution in [3.05, 3.63) is 131 Å². The summed E-state index contributed by atoms with van der Waals surface area (Å²) in [6.45, 7) is 0. The number of hydrogen-bond acceptors (Lipinski definition) is 9. The summed E-state index contributed by atoms with van der Waals surface area (Å²) in [7, 11) is 1.63. The molecule has 3 heterocycles. The van der Waals surface area contributed by atoms with Gasteiger partial charge in [0, 0.05) is 17.2 Å². The minimum Gasteiger partial charge on any atom is -0.496 e. The first kappa shape index (κ1) is 26.1. The van der Waals surface area contributed by atoms with Crippen LogP contribution in [0.4, 0.5) is 5.69 Å². The molecule has 1 aliphatic carbocycles. The Bertz CT molecular complexity index is 2080. The second-order valence-electron chi connectivity index (χ2n) is 9.73.